The Morgan fingerprint density at radius 3 is 2.58 bits per heavy atom. The second-order valence-electron chi connectivity index (χ2n) is 6.84. The van der Waals surface area contributed by atoms with Crippen LogP contribution in [0.15, 0.2) is 57.2 Å². The first-order chi connectivity index (χ1) is 14.8. The molecule has 3 rings (SSSR count). The molecule has 1 heterocycles. The third kappa shape index (κ3) is 6.68. The fourth-order valence-electron chi connectivity index (χ4n) is 2.87. The number of fused-ring (bicyclic) bond motifs is 1. The van der Waals surface area contributed by atoms with Crippen LogP contribution in [0.25, 0.3) is 10.2 Å². The molecular formula is C21H23FN2O3S4. The molecule has 10 heteroatoms. The molecule has 0 aliphatic carbocycles. The molecule has 0 saturated carbocycles. The van der Waals surface area contributed by atoms with Gasteiger partial charge in [-0.25, -0.2) is 12.8 Å². The molecular weight excluding hydrogens is 476 g/mol. The summed E-state index contributed by atoms with van der Waals surface area (Å²) in [5.74, 6) is 1.13. The quantitative estimate of drug-likeness (QED) is 0.318. The van der Waals surface area contributed by atoms with Gasteiger partial charge >= 0.3 is 0 Å². The molecule has 0 radical (unpaired) electrons. The van der Waals surface area contributed by atoms with E-state index in [1.165, 1.54) is 29.7 Å². The highest BCUT2D eigenvalue weighted by atomic mass is 32.2. The molecule has 0 aliphatic heterocycles. The largest absolute Gasteiger partial charge is 0.316 e. The lowest BCUT2D eigenvalue weighted by atomic mass is 10.3. The molecule has 2 aromatic carbocycles. The first kappa shape index (κ1) is 24.0. The summed E-state index contributed by atoms with van der Waals surface area (Å²) in [5, 5.41) is 0. The summed E-state index contributed by atoms with van der Waals surface area (Å²) in [6, 6.07) is 11.3. The second kappa shape index (κ2) is 10.8. The summed E-state index contributed by atoms with van der Waals surface area (Å²) in [6.45, 7) is 0.686. The van der Waals surface area contributed by atoms with Crippen LogP contribution < -0.4 is 4.80 Å². The predicted octanol–water partition coefficient (Wildman–Crippen LogP) is 4.61. The number of carbonyl (C=O) groups is 1. The lowest BCUT2D eigenvalue weighted by Crippen LogP contribution is -2.18. The van der Waals surface area contributed by atoms with Crippen molar-refractivity contribution in [2.45, 2.75) is 29.2 Å². The van der Waals surface area contributed by atoms with Crippen LogP contribution in [0.5, 0.6) is 0 Å². The normalized spacial score (nSPS) is 12.5. The number of rotatable bonds is 9. The molecule has 0 saturated heterocycles. The van der Waals surface area contributed by atoms with E-state index in [1.807, 2.05) is 10.8 Å². The van der Waals surface area contributed by atoms with E-state index in [2.05, 4.69) is 4.99 Å². The number of thioether (sulfide) groups is 2. The van der Waals surface area contributed by atoms with Gasteiger partial charge in [0.2, 0.25) is 5.91 Å². The predicted molar refractivity (Wildman–Crippen MR) is 128 cm³/mol. The molecule has 0 atom stereocenters. The highest BCUT2D eigenvalue weighted by Crippen LogP contribution is 2.23. The van der Waals surface area contributed by atoms with Crippen molar-refractivity contribution in [3.8, 4) is 0 Å². The van der Waals surface area contributed by atoms with E-state index < -0.39 is 9.84 Å². The first-order valence-electron chi connectivity index (χ1n) is 9.56. The van der Waals surface area contributed by atoms with E-state index in [4.69, 9.17) is 0 Å². The highest BCUT2D eigenvalue weighted by molar-refractivity contribution is 7.99. The van der Waals surface area contributed by atoms with Gasteiger partial charge in [-0.3, -0.25) is 4.79 Å². The molecule has 0 N–H and O–H groups in total. The molecule has 1 amide bonds. The van der Waals surface area contributed by atoms with Crippen LogP contribution in [0.1, 0.15) is 12.8 Å². The summed E-state index contributed by atoms with van der Waals surface area (Å²) in [6.07, 6.45) is 4.18. The van der Waals surface area contributed by atoms with Crippen molar-refractivity contribution in [1.82, 2.24) is 4.57 Å². The minimum atomic E-state index is -3.31. The Labute approximate surface area is 193 Å². The fraction of sp³-hybridized carbons (Fsp3) is 0.333. The highest BCUT2D eigenvalue weighted by Gasteiger charge is 2.13. The topological polar surface area (TPSA) is 68.5 Å². The van der Waals surface area contributed by atoms with Crippen LogP contribution in [0.4, 0.5) is 4.39 Å². The zero-order valence-corrected chi connectivity index (χ0v) is 20.5. The fourth-order valence-corrected chi connectivity index (χ4v) is 5.93. The maximum atomic E-state index is 13.0. The number of hydrogen-bond donors (Lipinski definition) is 0. The average molecular weight is 499 g/mol. The van der Waals surface area contributed by atoms with Crippen LogP contribution in [-0.2, 0) is 21.2 Å². The number of sulfone groups is 1. The van der Waals surface area contributed by atoms with Gasteiger partial charge < -0.3 is 4.57 Å². The van der Waals surface area contributed by atoms with Crippen LogP contribution >= 0.6 is 34.9 Å². The summed E-state index contributed by atoms with van der Waals surface area (Å²) in [7, 11) is -3.31. The maximum Gasteiger partial charge on any atom is 0.248 e. The first-order valence-corrected chi connectivity index (χ1v) is 14.6. The molecule has 0 fully saturated rings. The minimum Gasteiger partial charge on any atom is -0.316 e. The van der Waals surface area contributed by atoms with E-state index in [-0.39, 0.29) is 16.6 Å². The third-order valence-electron chi connectivity index (χ3n) is 4.44. The number of hydrogen-bond acceptors (Lipinski definition) is 6. The van der Waals surface area contributed by atoms with E-state index in [0.29, 0.717) is 24.2 Å². The minimum absolute atomic E-state index is 0.201. The van der Waals surface area contributed by atoms with Crippen LogP contribution in [0.2, 0.25) is 0 Å². The molecule has 0 spiro atoms. The number of thiazole rings is 1. The van der Waals surface area contributed by atoms with Gasteiger partial charge in [-0.05, 0) is 60.9 Å². The number of benzene rings is 2. The maximum absolute atomic E-state index is 13.0. The number of halogens is 1. The van der Waals surface area contributed by atoms with E-state index >= 15 is 0 Å². The molecule has 5 nitrogen and oxygen atoms in total. The van der Waals surface area contributed by atoms with Crippen molar-refractivity contribution in [3.63, 3.8) is 0 Å². The van der Waals surface area contributed by atoms with Crippen LogP contribution in [-0.4, -0.2) is 42.9 Å². The second-order valence-corrected chi connectivity index (χ2v) is 12.0. The van der Waals surface area contributed by atoms with Crippen molar-refractivity contribution in [2.75, 3.05) is 24.0 Å². The third-order valence-corrected chi connectivity index (χ3v) is 8.28. The van der Waals surface area contributed by atoms with E-state index in [1.54, 1.807) is 53.9 Å². The molecule has 1 aromatic heterocycles. The summed E-state index contributed by atoms with van der Waals surface area (Å²) >= 11 is 4.60. The van der Waals surface area contributed by atoms with Crippen molar-refractivity contribution in [3.05, 3.63) is 53.1 Å². The molecule has 0 aliphatic rings. The van der Waals surface area contributed by atoms with Gasteiger partial charge in [0.1, 0.15) is 5.82 Å². The van der Waals surface area contributed by atoms with E-state index in [9.17, 15) is 17.6 Å². The SMILES string of the molecule is CSCCn1c(=NC(=O)CCCSc2ccc(F)cc2)sc2cc(S(C)(=O)=O)ccc21. The Balaban J connectivity index is 1.75. The smallest absolute Gasteiger partial charge is 0.248 e. The summed E-state index contributed by atoms with van der Waals surface area (Å²) in [5.41, 5.74) is 0.880. The van der Waals surface area contributed by atoms with Gasteiger partial charge in [0.05, 0.1) is 15.1 Å². The van der Waals surface area contributed by atoms with Gasteiger partial charge in [0.15, 0.2) is 14.6 Å². The summed E-state index contributed by atoms with van der Waals surface area (Å²) < 4.78 is 39.5. The Morgan fingerprint density at radius 1 is 1.16 bits per heavy atom. The number of aromatic nitrogens is 1. The molecule has 0 unspecified atom stereocenters. The molecule has 0 bridgehead atoms. The van der Waals surface area contributed by atoms with E-state index in [0.717, 1.165) is 26.6 Å². The van der Waals surface area contributed by atoms with Crippen molar-refractivity contribution in [1.29, 1.82) is 0 Å². The summed E-state index contributed by atoms with van der Waals surface area (Å²) in [4.78, 5) is 18.6. The Kier molecular flexibility index (Phi) is 8.37. The van der Waals surface area contributed by atoms with Crippen molar-refractivity contribution in [2.24, 2.45) is 4.99 Å². The molecule has 3 aromatic rings. The van der Waals surface area contributed by atoms with Gasteiger partial charge in [0.25, 0.3) is 0 Å². The van der Waals surface area contributed by atoms with Crippen molar-refractivity contribution < 1.29 is 17.6 Å². The lowest BCUT2D eigenvalue weighted by molar-refractivity contribution is -0.118. The number of aryl methyl sites for hydroxylation is 1. The van der Waals surface area contributed by atoms with Gasteiger partial charge in [-0.15, -0.1) is 11.8 Å². The average Bonchev–Trinajstić information content (AvgIpc) is 3.06. The molecule has 166 valence electrons. The number of amides is 1. The van der Waals surface area contributed by atoms with Crippen molar-refractivity contribution >= 4 is 60.8 Å². The Hall–Kier alpha value is -1.62. The Bertz CT molecular complexity index is 1230. The zero-order chi connectivity index (χ0) is 22.4. The number of nitrogens with zero attached hydrogens (tertiary/aromatic N) is 2. The lowest BCUT2D eigenvalue weighted by Gasteiger charge is -2.04. The molecule has 31 heavy (non-hydrogen) atoms. The van der Waals surface area contributed by atoms with Crippen LogP contribution in [0, 0.1) is 5.82 Å². The zero-order valence-electron chi connectivity index (χ0n) is 17.2. The Morgan fingerprint density at radius 2 is 1.90 bits per heavy atom. The van der Waals surface area contributed by atoms with Gasteiger partial charge in [0, 0.05) is 29.9 Å². The monoisotopic (exact) mass is 498 g/mol. The standard InChI is InChI=1S/C21H23FN2O3S4/c1-28-13-11-24-18-10-9-17(31(2,26)27)14-19(18)30-21(24)23-20(25)4-3-12-29-16-7-5-15(22)6-8-16/h5-10,14H,3-4,11-13H2,1-2H3. The van der Waals surface area contributed by atoms with Gasteiger partial charge in [-0.2, -0.15) is 16.8 Å². The van der Waals surface area contributed by atoms with Crippen LogP contribution in [0.3, 0.4) is 0 Å². The van der Waals surface area contributed by atoms with Gasteiger partial charge in [-0.1, -0.05) is 11.3 Å². The number of carbonyl (C=O) groups excluding carboxylic acids is 1.